The molecule has 0 radical (unpaired) electrons. The Kier molecular flexibility index (Phi) is 4.28. The van der Waals surface area contributed by atoms with Crippen LogP contribution in [-0.4, -0.2) is 29.7 Å². The third-order valence-corrected chi connectivity index (χ3v) is 3.52. The van der Waals surface area contributed by atoms with Crippen molar-refractivity contribution in [2.75, 3.05) is 13.7 Å². The fraction of sp³-hybridized carbons (Fsp3) is 0.222. The first-order chi connectivity index (χ1) is 11.2. The molecule has 5 heteroatoms. The van der Waals surface area contributed by atoms with Gasteiger partial charge in [0.25, 0.3) is 0 Å². The lowest BCUT2D eigenvalue weighted by Gasteiger charge is -2.04. The standard InChI is InChI=1S/C18H18N2O3/c1-3-11-23-13-9-7-12(8-10-13)17-19-15-6-4-5-14(16(15)20-17)18(21)22-2/h4-10H,3,11H2,1-2H3,(H,19,20). The number of carbonyl (C=O) groups excluding carboxylic acids is 1. The van der Waals surface area contributed by atoms with Gasteiger partial charge in [-0.25, -0.2) is 9.78 Å². The van der Waals surface area contributed by atoms with Crippen LogP contribution in [0.3, 0.4) is 0 Å². The summed E-state index contributed by atoms with van der Waals surface area (Å²) < 4.78 is 10.4. The number of ether oxygens (including phenoxy) is 2. The lowest BCUT2D eigenvalue weighted by Crippen LogP contribution is -2.01. The number of hydrogen-bond donors (Lipinski definition) is 1. The van der Waals surface area contributed by atoms with Gasteiger partial charge in [0.15, 0.2) is 0 Å². The van der Waals surface area contributed by atoms with E-state index in [2.05, 4.69) is 16.9 Å². The molecule has 0 aliphatic heterocycles. The van der Waals surface area contributed by atoms with Gasteiger partial charge in [-0.1, -0.05) is 13.0 Å². The van der Waals surface area contributed by atoms with E-state index in [1.54, 1.807) is 12.1 Å². The minimum Gasteiger partial charge on any atom is -0.494 e. The Morgan fingerprint density at radius 3 is 2.65 bits per heavy atom. The smallest absolute Gasteiger partial charge is 0.340 e. The summed E-state index contributed by atoms with van der Waals surface area (Å²) in [6.07, 6.45) is 0.974. The fourth-order valence-electron chi connectivity index (χ4n) is 2.37. The van der Waals surface area contributed by atoms with Crippen molar-refractivity contribution in [2.24, 2.45) is 0 Å². The molecule has 0 aliphatic rings. The number of nitrogens with zero attached hydrogens (tertiary/aromatic N) is 1. The summed E-state index contributed by atoms with van der Waals surface area (Å²) in [5, 5.41) is 0. The third-order valence-electron chi connectivity index (χ3n) is 3.52. The summed E-state index contributed by atoms with van der Waals surface area (Å²) in [5.41, 5.74) is 2.80. The van der Waals surface area contributed by atoms with Crippen LogP contribution in [0.4, 0.5) is 0 Å². The van der Waals surface area contributed by atoms with Gasteiger partial charge in [0.1, 0.15) is 17.1 Å². The first-order valence-electron chi connectivity index (χ1n) is 7.53. The van der Waals surface area contributed by atoms with Crippen LogP contribution < -0.4 is 4.74 Å². The van der Waals surface area contributed by atoms with Crippen LogP contribution in [0.1, 0.15) is 23.7 Å². The van der Waals surface area contributed by atoms with E-state index >= 15 is 0 Å². The Bertz CT molecular complexity index is 822. The minimum atomic E-state index is -0.392. The molecule has 0 atom stereocenters. The second-order valence-corrected chi connectivity index (χ2v) is 5.15. The summed E-state index contributed by atoms with van der Waals surface area (Å²) in [6.45, 7) is 2.77. The minimum absolute atomic E-state index is 0.392. The van der Waals surface area contributed by atoms with E-state index in [9.17, 15) is 4.79 Å². The average Bonchev–Trinajstić information content (AvgIpc) is 3.03. The van der Waals surface area contributed by atoms with E-state index in [4.69, 9.17) is 9.47 Å². The quantitative estimate of drug-likeness (QED) is 0.728. The SMILES string of the molecule is CCCOc1ccc(-c2nc3c(C(=O)OC)cccc3[nH]2)cc1. The molecule has 0 saturated heterocycles. The second kappa shape index (κ2) is 6.52. The van der Waals surface area contributed by atoms with Crippen molar-refractivity contribution < 1.29 is 14.3 Å². The summed E-state index contributed by atoms with van der Waals surface area (Å²) in [5.74, 6) is 1.15. The van der Waals surface area contributed by atoms with Gasteiger partial charge >= 0.3 is 5.97 Å². The molecule has 5 nitrogen and oxygen atoms in total. The molecule has 2 aromatic carbocycles. The van der Waals surface area contributed by atoms with Crippen molar-refractivity contribution in [1.29, 1.82) is 0 Å². The van der Waals surface area contributed by atoms with Gasteiger partial charge in [0.05, 0.1) is 24.8 Å². The first kappa shape index (κ1) is 15.1. The molecule has 1 aromatic heterocycles. The van der Waals surface area contributed by atoms with E-state index in [1.165, 1.54) is 7.11 Å². The van der Waals surface area contributed by atoms with E-state index in [0.29, 0.717) is 23.5 Å². The molecule has 3 aromatic rings. The molecule has 0 bridgehead atoms. The molecule has 0 aliphatic carbocycles. The number of esters is 1. The molecule has 0 amide bonds. The van der Waals surface area contributed by atoms with E-state index in [-0.39, 0.29) is 0 Å². The molecule has 0 saturated carbocycles. The van der Waals surface area contributed by atoms with Crippen molar-refractivity contribution in [3.8, 4) is 17.1 Å². The molecule has 3 rings (SSSR count). The maximum Gasteiger partial charge on any atom is 0.340 e. The van der Waals surface area contributed by atoms with Gasteiger partial charge in [-0.2, -0.15) is 0 Å². The Morgan fingerprint density at radius 1 is 1.17 bits per heavy atom. The first-order valence-corrected chi connectivity index (χ1v) is 7.53. The van der Waals surface area contributed by atoms with Crippen molar-refractivity contribution >= 4 is 17.0 Å². The Labute approximate surface area is 134 Å². The summed E-state index contributed by atoms with van der Waals surface area (Å²) in [4.78, 5) is 19.6. The predicted octanol–water partition coefficient (Wildman–Crippen LogP) is 3.81. The van der Waals surface area contributed by atoms with Crippen LogP contribution in [0.5, 0.6) is 5.75 Å². The van der Waals surface area contributed by atoms with Crippen molar-refractivity contribution in [1.82, 2.24) is 9.97 Å². The van der Waals surface area contributed by atoms with Gasteiger partial charge in [-0.05, 0) is 42.8 Å². The van der Waals surface area contributed by atoms with Crippen LogP contribution in [0.25, 0.3) is 22.4 Å². The van der Waals surface area contributed by atoms with Gasteiger partial charge in [-0.15, -0.1) is 0 Å². The lowest BCUT2D eigenvalue weighted by molar-refractivity contribution is 0.0603. The normalized spacial score (nSPS) is 10.7. The molecule has 0 unspecified atom stereocenters. The second-order valence-electron chi connectivity index (χ2n) is 5.15. The number of rotatable bonds is 5. The van der Waals surface area contributed by atoms with Gasteiger partial charge in [-0.3, -0.25) is 0 Å². The molecule has 0 fully saturated rings. The summed E-state index contributed by atoms with van der Waals surface area (Å²) >= 11 is 0. The topological polar surface area (TPSA) is 64.2 Å². The Balaban J connectivity index is 1.95. The van der Waals surface area contributed by atoms with E-state index < -0.39 is 5.97 Å². The van der Waals surface area contributed by atoms with E-state index in [0.717, 1.165) is 23.3 Å². The number of aromatic nitrogens is 2. The number of imidazole rings is 1. The molecular weight excluding hydrogens is 292 g/mol. The number of carbonyl (C=O) groups is 1. The number of H-pyrrole nitrogens is 1. The highest BCUT2D eigenvalue weighted by Crippen LogP contribution is 2.25. The molecular formula is C18H18N2O3. The van der Waals surface area contributed by atoms with Crippen LogP contribution in [0, 0.1) is 0 Å². The highest BCUT2D eigenvalue weighted by molar-refractivity contribution is 6.02. The van der Waals surface area contributed by atoms with Crippen molar-refractivity contribution in [3.63, 3.8) is 0 Å². The molecule has 118 valence electrons. The molecule has 0 spiro atoms. The zero-order valence-corrected chi connectivity index (χ0v) is 13.1. The van der Waals surface area contributed by atoms with Crippen molar-refractivity contribution in [3.05, 3.63) is 48.0 Å². The lowest BCUT2D eigenvalue weighted by atomic mass is 10.2. The largest absolute Gasteiger partial charge is 0.494 e. The monoisotopic (exact) mass is 310 g/mol. The van der Waals surface area contributed by atoms with Gasteiger partial charge in [0.2, 0.25) is 0 Å². The summed E-state index contributed by atoms with van der Waals surface area (Å²) in [6, 6.07) is 13.1. The molecule has 1 N–H and O–H groups in total. The zero-order valence-electron chi connectivity index (χ0n) is 13.1. The predicted molar refractivity (Wildman–Crippen MR) is 88.7 cm³/mol. The van der Waals surface area contributed by atoms with Crippen molar-refractivity contribution in [2.45, 2.75) is 13.3 Å². The van der Waals surface area contributed by atoms with Crippen LogP contribution in [0.2, 0.25) is 0 Å². The number of hydrogen-bond acceptors (Lipinski definition) is 4. The highest BCUT2D eigenvalue weighted by Gasteiger charge is 2.14. The average molecular weight is 310 g/mol. The van der Waals surface area contributed by atoms with Gasteiger partial charge < -0.3 is 14.5 Å². The highest BCUT2D eigenvalue weighted by atomic mass is 16.5. The number of aromatic amines is 1. The number of para-hydroxylation sites is 1. The molecule has 23 heavy (non-hydrogen) atoms. The van der Waals surface area contributed by atoms with Crippen LogP contribution >= 0.6 is 0 Å². The Morgan fingerprint density at radius 2 is 1.96 bits per heavy atom. The fourth-order valence-corrected chi connectivity index (χ4v) is 2.37. The van der Waals surface area contributed by atoms with E-state index in [1.807, 2.05) is 30.3 Å². The number of nitrogens with one attached hydrogen (secondary N) is 1. The number of methoxy groups -OCH3 is 1. The maximum absolute atomic E-state index is 11.8. The van der Waals surface area contributed by atoms with Crippen LogP contribution in [-0.2, 0) is 4.74 Å². The number of benzene rings is 2. The molecule has 1 heterocycles. The zero-order chi connectivity index (χ0) is 16.2. The maximum atomic E-state index is 11.8. The van der Waals surface area contributed by atoms with Crippen LogP contribution in [0.15, 0.2) is 42.5 Å². The summed E-state index contributed by atoms with van der Waals surface area (Å²) in [7, 11) is 1.36. The number of fused-ring (bicyclic) bond motifs is 1. The van der Waals surface area contributed by atoms with Gasteiger partial charge in [0, 0.05) is 5.56 Å². The third kappa shape index (κ3) is 3.04. The Hall–Kier alpha value is -2.82.